The van der Waals surface area contributed by atoms with E-state index in [0.717, 1.165) is 38.2 Å². The van der Waals surface area contributed by atoms with Gasteiger partial charge in [-0.1, -0.05) is 0 Å². The summed E-state index contributed by atoms with van der Waals surface area (Å²) < 4.78 is 0. The van der Waals surface area contributed by atoms with Crippen molar-refractivity contribution in [2.24, 2.45) is 0 Å². The summed E-state index contributed by atoms with van der Waals surface area (Å²) in [7, 11) is 0. The predicted octanol–water partition coefficient (Wildman–Crippen LogP) is -1.06. The number of carbonyl (C=O) groups is 4. The fourth-order valence-electron chi connectivity index (χ4n) is 3.06. The number of carbonyl (C=O) groups excluding carboxylic acids is 4. The molecule has 9 heteroatoms. The Morgan fingerprint density at radius 2 is 2.04 bits per heavy atom. The first-order valence-electron chi connectivity index (χ1n) is 8.58. The molecule has 0 bridgehead atoms. The molecule has 2 fully saturated rings. The maximum Gasteiger partial charge on any atom is 0.270 e. The number of imide groups is 1. The molecule has 138 valence electrons. The van der Waals surface area contributed by atoms with Gasteiger partial charge >= 0.3 is 0 Å². The van der Waals surface area contributed by atoms with Crippen molar-refractivity contribution < 1.29 is 19.2 Å². The Kier molecular flexibility index (Phi) is 5.57. The molecule has 0 spiro atoms. The standard InChI is InChI=1S/C17H21N5O4/c23-10-9-21-5-7-22(8-6-21)12-1-2-13(18-11-12)16(25)19-14-3-4-15(24)20-17(14)26/h1-2,10-11,14H,3-9H2,(H,19,25)(H,20,24,26). The lowest BCUT2D eigenvalue weighted by Gasteiger charge is -2.35. The molecule has 0 radical (unpaired) electrons. The average Bonchev–Trinajstić information content (AvgIpc) is 2.65. The van der Waals surface area contributed by atoms with Crippen molar-refractivity contribution in [1.82, 2.24) is 20.5 Å². The van der Waals surface area contributed by atoms with Gasteiger partial charge in [-0.15, -0.1) is 0 Å². The van der Waals surface area contributed by atoms with E-state index in [1.165, 1.54) is 0 Å². The minimum Gasteiger partial charge on any atom is -0.368 e. The summed E-state index contributed by atoms with van der Waals surface area (Å²) in [4.78, 5) is 54.1. The lowest BCUT2D eigenvalue weighted by molar-refractivity contribution is -0.134. The molecule has 1 aromatic rings. The second-order valence-corrected chi connectivity index (χ2v) is 6.33. The van der Waals surface area contributed by atoms with Gasteiger partial charge in [-0.05, 0) is 18.6 Å². The molecular formula is C17H21N5O4. The Hall–Kier alpha value is -2.81. The van der Waals surface area contributed by atoms with Crippen LogP contribution in [0.5, 0.6) is 0 Å². The number of nitrogens with zero attached hydrogens (tertiary/aromatic N) is 3. The monoisotopic (exact) mass is 359 g/mol. The number of aromatic nitrogens is 1. The van der Waals surface area contributed by atoms with Gasteiger partial charge < -0.3 is 15.0 Å². The van der Waals surface area contributed by atoms with E-state index in [1.807, 2.05) is 6.07 Å². The fraction of sp³-hybridized carbons (Fsp3) is 0.471. The molecule has 9 nitrogen and oxygen atoms in total. The average molecular weight is 359 g/mol. The fourth-order valence-corrected chi connectivity index (χ4v) is 3.06. The normalized spacial score (nSPS) is 21.2. The zero-order valence-corrected chi connectivity index (χ0v) is 14.3. The van der Waals surface area contributed by atoms with E-state index in [-0.39, 0.29) is 18.0 Å². The molecular weight excluding hydrogens is 338 g/mol. The molecule has 0 saturated carbocycles. The highest BCUT2D eigenvalue weighted by Gasteiger charge is 2.28. The first-order valence-corrected chi connectivity index (χ1v) is 8.58. The van der Waals surface area contributed by atoms with Crippen LogP contribution >= 0.6 is 0 Å². The summed E-state index contributed by atoms with van der Waals surface area (Å²) in [5.41, 5.74) is 1.13. The molecule has 1 atom stereocenters. The van der Waals surface area contributed by atoms with Crippen LogP contribution in [0.2, 0.25) is 0 Å². The van der Waals surface area contributed by atoms with Crippen LogP contribution in [0.25, 0.3) is 0 Å². The summed E-state index contributed by atoms with van der Waals surface area (Å²) in [6.45, 7) is 3.63. The highest BCUT2D eigenvalue weighted by atomic mass is 16.2. The molecule has 26 heavy (non-hydrogen) atoms. The van der Waals surface area contributed by atoms with E-state index in [0.29, 0.717) is 13.0 Å². The molecule has 1 unspecified atom stereocenters. The van der Waals surface area contributed by atoms with E-state index in [1.54, 1.807) is 12.3 Å². The van der Waals surface area contributed by atoms with E-state index in [2.05, 4.69) is 25.4 Å². The highest BCUT2D eigenvalue weighted by molar-refractivity contribution is 6.03. The second kappa shape index (κ2) is 8.05. The summed E-state index contributed by atoms with van der Waals surface area (Å²) in [5, 5.41) is 4.81. The van der Waals surface area contributed by atoms with E-state index in [4.69, 9.17) is 0 Å². The van der Waals surface area contributed by atoms with Gasteiger partial charge in [0.2, 0.25) is 11.8 Å². The van der Waals surface area contributed by atoms with Gasteiger partial charge in [0.05, 0.1) is 18.4 Å². The van der Waals surface area contributed by atoms with Crippen molar-refractivity contribution >= 4 is 29.7 Å². The van der Waals surface area contributed by atoms with Crippen molar-refractivity contribution in [2.75, 3.05) is 37.6 Å². The third-order valence-electron chi connectivity index (χ3n) is 4.60. The minimum absolute atomic E-state index is 0.207. The van der Waals surface area contributed by atoms with Gasteiger partial charge in [-0.25, -0.2) is 4.98 Å². The summed E-state index contributed by atoms with van der Waals surface area (Å²) in [5.74, 6) is -1.25. The first-order chi connectivity index (χ1) is 12.6. The van der Waals surface area contributed by atoms with Crippen LogP contribution in [0.15, 0.2) is 18.3 Å². The third-order valence-corrected chi connectivity index (χ3v) is 4.60. The SMILES string of the molecule is O=CCN1CCN(c2ccc(C(=O)NC3CCC(=O)NC3=O)nc2)CC1. The van der Waals surface area contributed by atoms with Crippen LogP contribution in [0, 0.1) is 0 Å². The predicted molar refractivity (Wildman–Crippen MR) is 92.6 cm³/mol. The number of hydrogen-bond acceptors (Lipinski definition) is 7. The van der Waals surface area contributed by atoms with Crippen molar-refractivity contribution in [3.05, 3.63) is 24.0 Å². The van der Waals surface area contributed by atoms with Crippen molar-refractivity contribution in [3.8, 4) is 0 Å². The topological polar surface area (TPSA) is 112 Å². The summed E-state index contributed by atoms with van der Waals surface area (Å²) >= 11 is 0. The van der Waals surface area contributed by atoms with E-state index >= 15 is 0 Å². The Morgan fingerprint density at radius 1 is 1.27 bits per heavy atom. The zero-order valence-electron chi connectivity index (χ0n) is 14.3. The largest absolute Gasteiger partial charge is 0.368 e. The van der Waals surface area contributed by atoms with Crippen LogP contribution in [0.3, 0.4) is 0 Å². The first kappa shape index (κ1) is 18.0. The molecule has 2 saturated heterocycles. The van der Waals surface area contributed by atoms with E-state index < -0.39 is 17.9 Å². The smallest absolute Gasteiger partial charge is 0.270 e. The third kappa shape index (κ3) is 4.23. The summed E-state index contributed by atoms with van der Waals surface area (Å²) in [6, 6.07) is 2.73. The second-order valence-electron chi connectivity index (χ2n) is 6.33. The number of nitrogens with one attached hydrogen (secondary N) is 2. The molecule has 0 aromatic carbocycles. The quantitative estimate of drug-likeness (QED) is 0.509. The van der Waals surface area contributed by atoms with Crippen molar-refractivity contribution in [2.45, 2.75) is 18.9 Å². The van der Waals surface area contributed by atoms with Crippen molar-refractivity contribution in [1.29, 1.82) is 0 Å². The molecule has 3 heterocycles. The Labute approximate surface area is 150 Å². The van der Waals surface area contributed by atoms with Gasteiger partial charge in [-0.3, -0.25) is 24.6 Å². The number of piperazine rings is 1. The van der Waals surface area contributed by atoms with Crippen LogP contribution in [-0.4, -0.2) is 72.7 Å². The van der Waals surface area contributed by atoms with Crippen LogP contribution in [0.1, 0.15) is 23.3 Å². The minimum atomic E-state index is -0.715. The molecule has 0 aliphatic carbocycles. The molecule has 3 amide bonds. The van der Waals surface area contributed by atoms with Crippen LogP contribution in [-0.2, 0) is 14.4 Å². The van der Waals surface area contributed by atoms with Crippen molar-refractivity contribution in [3.63, 3.8) is 0 Å². The summed E-state index contributed by atoms with van der Waals surface area (Å²) in [6.07, 6.45) is 3.04. The maximum absolute atomic E-state index is 12.3. The maximum atomic E-state index is 12.3. The van der Waals surface area contributed by atoms with Crippen LogP contribution in [0.4, 0.5) is 5.69 Å². The lowest BCUT2D eigenvalue weighted by atomic mass is 10.1. The highest BCUT2D eigenvalue weighted by Crippen LogP contribution is 2.16. The molecule has 2 N–H and O–H groups in total. The van der Waals surface area contributed by atoms with Gasteiger partial charge in [0.25, 0.3) is 5.91 Å². The van der Waals surface area contributed by atoms with Gasteiger partial charge in [0, 0.05) is 32.6 Å². The number of hydrogen-bond donors (Lipinski definition) is 2. The van der Waals surface area contributed by atoms with E-state index in [9.17, 15) is 19.2 Å². The lowest BCUT2D eigenvalue weighted by Crippen LogP contribution is -2.52. The number of aldehydes is 1. The number of amides is 3. The number of rotatable bonds is 5. The molecule has 1 aromatic heterocycles. The van der Waals surface area contributed by atoms with Gasteiger partial charge in [-0.2, -0.15) is 0 Å². The Balaban J connectivity index is 1.56. The Bertz CT molecular complexity index is 698. The molecule has 3 rings (SSSR count). The zero-order chi connectivity index (χ0) is 18.5. The molecule has 2 aliphatic rings. The number of piperidine rings is 1. The Morgan fingerprint density at radius 3 is 2.65 bits per heavy atom. The molecule has 2 aliphatic heterocycles. The van der Waals surface area contributed by atoms with Gasteiger partial charge in [0.15, 0.2) is 0 Å². The van der Waals surface area contributed by atoms with Crippen LogP contribution < -0.4 is 15.5 Å². The number of pyridine rings is 1. The van der Waals surface area contributed by atoms with Gasteiger partial charge in [0.1, 0.15) is 18.0 Å². The number of anilines is 1.